The fourth-order valence-electron chi connectivity index (χ4n) is 2.88. The first-order valence-electron chi connectivity index (χ1n) is 7.23. The number of amides is 1. The van der Waals surface area contributed by atoms with Crippen LogP contribution < -0.4 is 9.47 Å². The minimum Gasteiger partial charge on any atom is -0.493 e. The van der Waals surface area contributed by atoms with Crippen LogP contribution in [-0.2, 0) is 4.79 Å². The molecule has 1 unspecified atom stereocenters. The van der Waals surface area contributed by atoms with Gasteiger partial charge in [-0.15, -0.1) is 0 Å². The summed E-state index contributed by atoms with van der Waals surface area (Å²) in [7, 11) is 3.06. The van der Waals surface area contributed by atoms with Crippen molar-refractivity contribution in [2.75, 3.05) is 20.8 Å². The summed E-state index contributed by atoms with van der Waals surface area (Å²) < 4.78 is 10.5. The number of ether oxygens (including phenoxy) is 2. The van der Waals surface area contributed by atoms with Crippen LogP contribution >= 0.6 is 0 Å². The Kier molecular flexibility index (Phi) is 4.90. The van der Waals surface area contributed by atoms with Crippen LogP contribution in [0.15, 0.2) is 12.1 Å². The summed E-state index contributed by atoms with van der Waals surface area (Å²) in [6.45, 7) is 2.42. The highest BCUT2D eigenvalue weighted by atomic mass is 16.5. The van der Waals surface area contributed by atoms with Crippen molar-refractivity contribution in [3.63, 3.8) is 0 Å². The number of benzene rings is 1. The molecule has 1 aromatic rings. The number of hydrogen-bond donors (Lipinski definition) is 1. The Hall–Kier alpha value is -2.24. The maximum atomic E-state index is 12.8. The van der Waals surface area contributed by atoms with Gasteiger partial charge < -0.3 is 19.5 Å². The molecule has 1 fully saturated rings. The summed E-state index contributed by atoms with van der Waals surface area (Å²) in [6, 6.07) is 3.18. The quantitative estimate of drug-likeness (QED) is 0.901. The number of carbonyl (C=O) groups is 2. The fourth-order valence-corrected chi connectivity index (χ4v) is 2.88. The molecule has 0 saturated carbocycles. The van der Waals surface area contributed by atoms with E-state index in [-0.39, 0.29) is 18.4 Å². The van der Waals surface area contributed by atoms with Gasteiger partial charge in [0.1, 0.15) is 0 Å². The number of likely N-dealkylation sites (tertiary alicyclic amines) is 1. The van der Waals surface area contributed by atoms with Gasteiger partial charge in [0.05, 0.1) is 20.6 Å². The van der Waals surface area contributed by atoms with E-state index in [0.717, 1.165) is 18.4 Å². The first-order valence-corrected chi connectivity index (χ1v) is 7.23. The van der Waals surface area contributed by atoms with Crippen LogP contribution in [0.4, 0.5) is 0 Å². The minimum absolute atomic E-state index is 0.0158. The van der Waals surface area contributed by atoms with E-state index in [1.807, 2.05) is 6.92 Å². The van der Waals surface area contributed by atoms with Crippen molar-refractivity contribution < 1.29 is 24.2 Å². The molecule has 6 nitrogen and oxygen atoms in total. The number of nitrogens with zero attached hydrogens (tertiary/aromatic N) is 1. The van der Waals surface area contributed by atoms with Crippen LogP contribution in [0.2, 0.25) is 0 Å². The lowest BCUT2D eigenvalue weighted by Crippen LogP contribution is -2.37. The van der Waals surface area contributed by atoms with Gasteiger partial charge >= 0.3 is 5.97 Å². The number of aliphatic carboxylic acids is 1. The molecule has 1 saturated heterocycles. The number of carboxylic acid groups (broad SMARTS) is 1. The Morgan fingerprint density at radius 2 is 1.91 bits per heavy atom. The number of hydrogen-bond acceptors (Lipinski definition) is 4. The van der Waals surface area contributed by atoms with Crippen molar-refractivity contribution in [1.29, 1.82) is 0 Å². The van der Waals surface area contributed by atoms with Gasteiger partial charge in [-0.3, -0.25) is 9.59 Å². The van der Waals surface area contributed by atoms with E-state index in [1.54, 1.807) is 24.1 Å². The molecular weight excluding hydrogens is 286 g/mol. The van der Waals surface area contributed by atoms with Crippen molar-refractivity contribution in [1.82, 2.24) is 4.90 Å². The second kappa shape index (κ2) is 6.68. The highest BCUT2D eigenvalue weighted by Gasteiger charge is 2.32. The SMILES string of the molecule is COc1cc(C)c(C(=O)N2CCCC2CC(=O)O)cc1OC. The Bertz CT molecular complexity index is 584. The zero-order valence-electron chi connectivity index (χ0n) is 13.1. The van der Waals surface area contributed by atoms with E-state index >= 15 is 0 Å². The van der Waals surface area contributed by atoms with Crippen LogP contribution in [0.3, 0.4) is 0 Å². The second-order valence-corrected chi connectivity index (χ2v) is 5.41. The topological polar surface area (TPSA) is 76.1 Å². The van der Waals surface area contributed by atoms with Crippen LogP contribution in [0, 0.1) is 6.92 Å². The summed E-state index contributed by atoms with van der Waals surface area (Å²) in [5, 5.41) is 8.97. The van der Waals surface area contributed by atoms with Gasteiger partial charge in [-0.05, 0) is 37.5 Å². The van der Waals surface area contributed by atoms with Crippen molar-refractivity contribution in [2.24, 2.45) is 0 Å². The Morgan fingerprint density at radius 3 is 2.50 bits per heavy atom. The molecule has 0 radical (unpaired) electrons. The van der Waals surface area contributed by atoms with Gasteiger partial charge in [-0.2, -0.15) is 0 Å². The van der Waals surface area contributed by atoms with Crippen LogP contribution in [0.25, 0.3) is 0 Å². The van der Waals surface area contributed by atoms with Gasteiger partial charge in [-0.25, -0.2) is 0 Å². The standard InChI is InChI=1S/C16H21NO5/c1-10-7-13(21-2)14(22-3)9-12(10)16(20)17-6-4-5-11(17)8-15(18)19/h7,9,11H,4-6,8H2,1-3H3,(H,18,19). The van der Waals surface area contributed by atoms with Gasteiger partial charge in [-0.1, -0.05) is 0 Å². The van der Waals surface area contributed by atoms with E-state index in [0.29, 0.717) is 23.6 Å². The second-order valence-electron chi connectivity index (χ2n) is 5.41. The zero-order valence-corrected chi connectivity index (χ0v) is 13.1. The van der Waals surface area contributed by atoms with E-state index in [2.05, 4.69) is 0 Å². The summed E-state index contributed by atoms with van der Waals surface area (Å²) in [5.41, 5.74) is 1.30. The van der Waals surface area contributed by atoms with Crippen molar-refractivity contribution >= 4 is 11.9 Å². The number of carboxylic acids is 1. The van der Waals surface area contributed by atoms with Crippen LogP contribution in [0.5, 0.6) is 11.5 Å². The molecule has 0 aromatic heterocycles. The first-order chi connectivity index (χ1) is 10.5. The molecule has 1 aliphatic heterocycles. The number of aryl methyl sites for hydroxylation is 1. The van der Waals surface area contributed by atoms with Crippen LogP contribution in [0.1, 0.15) is 35.2 Å². The van der Waals surface area contributed by atoms with Gasteiger partial charge in [0.15, 0.2) is 11.5 Å². The molecule has 1 aromatic carbocycles. The van der Waals surface area contributed by atoms with Gasteiger partial charge in [0.25, 0.3) is 5.91 Å². The lowest BCUT2D eigenvalue weighted by atomic mass is 10.0. The molecule has 1 N–H and O–H groups in total. The van der Waals surface area contributed by atoms with Crippen molar-refractivity contribution in [3.05, 3.63) is 23.3 Å². The summed E-state index contributed by atoms with van der Waals surface area (Å²) in [4.78, 5) is 25.4. The predicted octanol–water partition coefficient (Wildman–Crippen LogP) is 2.09. The third kappa shape index (κ3) is 3.16. The summed E-state index contributed by atoms with van der Waals surface area (Å²) in [5.74, 6) is 0.0291. The molecule has 22 heavy (non-hydrogen) atoms. The molecule has 0 spiro atoms. The van der Waals surface area contributed by atoms with Crippen LogP contribution in [-0.4, -0.2) is 48.7 Å². The smallest absolute Gasteiger partial charge is 0.305 e. The summed E-state index contributed by atoms with van der Waals surface area (Å²) >= 11 is 0. The first kappa shape index (κ1) is 16.1. The number of carbonyl (C=O) groups excluding carboxylic acids is 1. The van der Waals surface area contributed by atoms with E-state index in [1.165, 1.54) is 7.11 Å². The third-order valence-electron chi connectivity index (χ3n) is 4.01. The lowest BCUT2D eigenvalue weighted by Gasteiger charge is -2.24. The zero-order chi connectivity index (χ0) is 16.3. The molecule has 0 aliphatic carbocycles. The average molecular weight is 307 g/mol. The molecule has 6 heteroatoms. The number of methoxy groups -OCH3 is 2. The maximum Gasteiger partial charge on any atom is 0.305 e. The lowest BCUT2D eigenvalue weighted by molar-refractivity contribution is -0.137. The minimum atomic E-state index is -0.881. The van der Waals surface area contributed by atoms with E-state index < -0.39 is 5.97 Å². The van der Waals surface area contributed by atoms with Crippen molar-refractivity contribution in [3.8, 4) is 11.5 Å². The van der Waals surface area contributed by atoms with Gasteiger partial charge in [0, 0.05) is 18.2 Å². The molecule has 1 atom stereocenters. The molecule has 2 rings (SSSR count). The molecule has 120 valence electrons. The van der Waals surface area contributed by atoms with Crippen molar-refractivity contribution in [2.45, 2.75) is 32.2 Å². The Morgan fingerprint density at radius 1 is 1.27 bits per heavy atom. The fraction of sp³-hybridized carbons (Fsp3) is 0.500. The van der Waals surface area contributed by atoms with E-state index in [9.17, 15) is 9.59 Å². The highest BCUT2D eigenvalue weighted by Crippen LogP contribution is 2.32. The highest BCUT2D eigenvalue weighted by molar-refractivity contribution is 5.97. The summed E-state index contributed by atoms with van der Waals surface area (Å²) in [6.07, 6.45) is 1.54. The molecule has 1 heterocycles. The van der Waals surface area contributed by atoms with Gasteiger partial charge in [0.2, 0.25) is 0 Å². The largest absolute Gasteiger partial charge is 0.493 e. The average Bonchev–Trinajstić information content (AvgIpc) is 2.93. The maximum absolute atomic E-state index is 12.8. The molecule has 0 bridgehead atoms. The molecule has 1 aliphatic rings. The molecular formula is C16H21NO5. The molecule has 1 amide bonds. The third-order valence-corrected chi connectivity index (χ3v) is 4.01. The normalized spacial score (nSPS) is 17.4. The number of rotatable bonds is 5. The Labute approximate surface area is 129 Å². The monoisotopic (exact) mass is 307 g/mol. The predicted molar refractivity (Wildman–Crippen MR) is 80.6 cm³/mol. The van der Waals surface area contributed by atoms with E-state index in [4.69, 9.17) is 14.6 Å². The Balaban J connectivity index is 2.30.